The normalized spacial score (nSPS) is 40.5. The fourth-order valence-corrected chi connectivity index (χ4v) is 5.69. The highest BCUT2D eigenvalue weighted by Crippen LogP contribution is 2.34. The zero-order valence-corrected chi connectivity index (χ0v) is 21.5. The number of epoxide rings is 1. The van der Waals surface area contributed by atoms with Crippen LogP contribution in [0.25, 0.3) is 0 Å². The van der Waals surface area contributed by atoms with E-state index in [9.17, 15) is 15.0 Å². The summed E-state index contributed by atoms with van der Waals surface area (Å²) in [5.41, 5.74) is 0.955. The molecule has 1 aliphatic carbocycles. The van der Waals surface area contributed by atoms with Crippen molar-refractivity contribution in [1.82, 2.24) is 0 Å². The van der Waals surface area contributed by atoms with Crippen LogP contribution in [-0.4, -0.2) is 58.9 Å². The summed E-state index contributed by atoms with van der Waals surface area (Å²) in [6.45, 7) is 6.40. The molecule has 2 N–H and O–H groups in total. The van der Waals surface area contributed by atoms with Gasteiger partial charge in [-0.05, 0) is 63.2 Å². The summed E-state index contributed by atoms with van der Waals surface area (Å²) in [4.78, 5) is 12.6. The summed E-state index contributed by atoms with van der Waals surface area (Å²) in [7, 11) is 0. The van der Waals surface area contributed by atoms with Crippen LogP contribution in [0.2, 0.25) is 0 Å². The van der Waals surface area contributed by atoms with Crippen LogP contribution in [-0.2, 0) is 19.0 Å². The standard InChI is InChI=1S/C30H43O6/c1-20-7-3-9-22(17-20)15-16-25(31)27-19-28-30(36-28)26(32)18-21(2)8-4-10-23-11-5-12-24(34-23)13-6-14-29(33)35-27/h4-6,12,14-16,20,22-28,30-32H,2-3,7-11,13,17-19H2,1H3/b14-6-,16-15+/t20?,22?,23-,24+,25+,26+,27?,28+,30+/m1/s1. The van der Waals surface area contributed by atoms with Crippen molar-refractivity contribution in [3.05, 3.63) is 55.0 Å². The van der Waals surface area contributed by atoms with Gasteiger partial charge in [0.15, 0.2) is 0 Å². The van der Waals surface area contributed by atoms with Crippen LogP contribution in [0.1, 0.15) is 71.1 Å². The molecule has 2 fully saturated rings. The average molecular weight is 500 g/mol. The van der Waals surface area contributed by atoms with Gasteiger partial charge < -0.3 is 24.4 Å². The van der Waals surface area contributed by atoms with Gasteiger partial charge in [-0.1, -0.05) is 62.3 Å². The number of hydrogen-bond acceptors (Lipinski definition) is 6. The van der Waals surface area contributed by atoms with Crippen molar-refractivity contribution in [2.45, 2.75) is 114 Å². The molecule has 2 bridgehead atoms. The Morgan fingerprint density at radius 2 is 2.00 bits per heavy atom. The Labute approximate surface area is 216 Å². The van der Waals surface area contributed by atoms with Gasteiger partial charge in [-0.25, -0.2) is 4.79 Å². The summed E-state index contributed by atoms with van der Waals surface area (Å²) in [5.74, 6) is 0.646. The average Bonchev–Trinajstić information content (AvgIpc) is 3.61. The molecular weight excluding hydrogens is 456 g/mol. The molecule has 3 heterocycles. The van der Waals surface area contributed by atoms with Gasteiger partial charge in [0.05, 0.1) is 24.4 Å². The molecule has 1 saturated heterocycles. The van der Waals surface area contributed by atoms with E-state index >= 15 is 0 Å². The molecule has 4 rings (SSSR count). The van der Waals surface area contributed by atoms with Crippen LogP contribution in [0.15, 0.2) is 48.6 Å². The first-order valence-corrected chi connectivity index (χ1v) is 13.7. The fourth-order valence-electron chi connectivity index (χ4n) is 5.69. The smallest absolute Gasteiger partial charge is 0.330 e. The van der Waals surface area contributed by atoms with E-state index in [1.54, 1.807) is 12.2 Å². The number of allylic oxidation sites excluding steroid dienone is 1. The van der Waals surface area contributed by atoms with Crippen LogP contribution in [0, 0.1) is 18.3 Å². The van der Waals surface area contributed by atoms with Crippen LogP contribution in [0.5, 0.6) is 0 Å². The summed E-state index contributed by atoms with van der Waals surface area (Å²) in [6, 6.07) is 0. The minimum absolute atomic E-state index is 0.0760. The zero-order valence-electron chi connectivity index (χ0n) is 21.5. The molecule has 36 heavy (non-hydrogen) atoms. The van der Waals surface area contributed by atoms with Crippen molar-refractivity contribution in [2.24, 2.45) is 11.8 Å². The third-order valence-electron chi connectivity index (χ3n) is 7.77. The third kappa shape index (κ3) is 8.41. The van der Waals surface area contributed by atoms with Crippen molar-refractivity contribution in [2.75, 3.05) is 0 Å². The molecule has 0 amide bonds. The van der Waals surface area contributed by atoms with Crippen molar-refractivity contribution in [1.29, 1.82) is 0 Å². The van der Waals surface area contributed by atoms with Crippen LogP contribution < -0.4 is 0 Å². The number of esters is 1. The minimum Gasteiger partial charge on any atom is -0.456 e. The number of hydrogen-bond donors (Lipinski definition) is 2. The number of fused-ring (bicyclic) bond motifs is 3. The lowest BCUT2D eigenvalue weighted by Gasteiger charge is -2.26. The second-order valence-corrected chi connectivity index (χ2v) is 11.1. The highest BCUT2D eigenvalue weighted by atomic mass is 16.6. The van der Waals surface area contributed by atoms with Crippen molar-refractivity contribution < 1.29 is 29.2 Å². The van der Waals surface area contributed by atoms with E-state index in [0.717, 1.165) is 37.7 Å². The Balaban J connectivity index is 1.42. The van der Waals surface area contributed by atoms with Gasteiger partial charge in [0, 0.05) is 12.5 Å². The topological polar surface area (TPSA) is 88.5 Å². The van der Waals surface area contributed by atoms with Crippen molar-refractivity contribution in [3.63, 3.8) is 0 Å². The maximum Gasteiger partial charge on any atom is 0.330 e. The van der Waals surface area contributed by atoms with E-state index in [1.807, 2.05) is 6.08 Å². The van der Waals surface area contributed by atoms with Gasteiger partial charge in [-0.2, -0.15) is 0 Å². The second-order valence-electron chi connectivity index (χ2n) is 11.1. The van der Waals surface area contributed by atoms with Crippen molar-refractivity contribution in [3.8, 4) is 0 Å². The molecule has 6 nitrogen and oxygen atoms in total. The number of cyclic esters (lactones) is 1. The van der Waals surface area contributed by atoms with Gasteiger partial charge in [-0.3, -0.25) is 0 Å². The van der Waals surface area contributed by atoms with E-state index in [2.05, 4.69) is 32.1 Å². The van der Waals surface area contributed by atoms with Gasteiger partial charge in [0.2, 0.25) is 0 Å². The summed E-state index contributed by atoms with van der Waals surface area (Å²) >= 11 is 0. The number of aliphatic hydroxyl groups is 2. The molecule has 0 aromatic carbocycles. The van der Waals surface area contributed by atoms with Gasteiger partial charge in [0.1, 0.15) is 18.3 Å². The number of ether oxygens (including phenoxy) is 3. The predicted octanol–water partition coefficient (Wildman–Crippen LogP) is 4.76. The van der Waals surface area contributed by atoms with Crippen LogP contribution in [0.4, 0.5) is 0 Å². The first kappa shape index (κ1) is 27.3. The molecule has 9 atom stereocenters. The number of rotatable bonds is 3. The summed E-state index contributed by atoms with van der Waals surface area (Å²) in [5, 5.41) is 21.6. The molecule has 0 aromatic heterocycles. The molecule has 4 aliphatic rings. The van der Waals surface area contributed by atoms with E-state index < -0.39 is 24.3 Å². The molecule has 0 spiro atoms. The van der Waals surface area contributed by atoms with Gasteiger partial charge >= 0.3 is 5.97 Å². The SMILES string of the molecule is C=C1C[CH]C[C@@H]2CC=C[C@@H](C/C=C\C(=O)OC([C@@H](O)/C=C/C3CCCC(C)C3)C[C@@H]3O[C@H]3[C@@H](O)C1)O2. The highest BCUT2D eigenvalue weighted by Gasteiger charge is 2.46. The lowest BCUT2D eigenvalue weighted by Crippen LogP contribution is -2.32. The Hall–Kier alpha value is -1.73. The van der Waals surface area contributed by atoms with Crippen molar-refractivity contribution >= 4 is 5.97 Å². The Morgan fingerprint density at radius 1 is 1.14 bits per heavy atom. The number of carbonyl (C=O) groups excluding carboxylic acids is 1. The van der Waals surface area contributed by atoms with E-state index in [4.69, 9.17) is 14.2 Å². The summed E-state index contributed by atoms with van der Waals surface area (Å²) < 4.78 is 17.6. The molecule has 1 radical (unpaired) electrons. The fraction of sp³-hybridized carbons (Fsp3) is 0.667. The van der Waals surface area contributed by atoms with E-state index in [0.29, 0.717) is 31.1 Å². The molecule has 6 heteroatoms. The van der Waals surface area contributed by atoms with Gasteiger partial charge in [0.25, 0.3) is 0 Å². The molecule has 0 aromatic rings. The largest absolute Gasteiger partial charge is 0.456 e. The van der Waals surface area contributed by atoms with Crippen LogP contribution >= 0.6 is 0 Å². The summed E-state index contributed by atoms with van der Waals surface area (Å²) in [6.07, 6.45) is 19.0. The number of aliphatic hydroxyl groups excluding tert-OH is 2. The quantitative estimate of drug-likeness (QED) is 0.331. The third-order valence-corrected chi connectivity index (χ3v) is 7.77. The lowest BCUT2D eigenvalue weighted by atomic mass is 9.82. The zero-order chi connectivity index (χ0) is 25.5. The first-order chi connectivity index (χ1) is 17.4. The van der Waals surface area contributed by atoms with Gasteiger partial charge in [-0.15, -0.1) is 0 Å². The molecule has 3 unspecified atom stereocenters. The highest BCUT2D eigenvalue weighted by molar-refractivity contribution is 5.82. The minimum atomic E-state index is -0.929. The molecule has 3 aliphatic heterocycles. The van der Waals surface area contributed by atoms with E-state index in [1.165, 1.54) is 18.9 Å². The molecule has 1 saturated carbocycles. The molecular formula is C30H43O6. The Bertz CT molecular complexity index is 831. The first-order valence-electron chi connectivity index (χ1n) is 13.7. The molecule has 199 valence electrons. The second kappa shape index (κ2) is 13.2. The Morgan fingerprint density at radius 3 is 2.83 bits per heavy atom. The maximum atomic E-state index is 12.6. The lowest BCUT2D eigenvalue weighted by molar-refractivity contribution is -0.148. The monoisotopic (exact) mass is 499 g/mol. The van der Waals surface area contributed by atoms with Crippen LogP contribution in [0.3, 0.4) is 0 Å². The van der Waals surface area contributed by atoms with E-state index in [-0.39, 0.29) is 24.4 Å². The maximum absolute atomic E-state index is 12.6. The number of carbonyl (C=O) groups is 1. The Kier molecular flexibility index (Phi) is 10.00. The predicted molar refractivity (Wildman–Crippen MR) is 139 cm³/mol.